The number of allylic oxidation sites excluding steroid dienone is 1. The van der Waals surface area contributed by atoms with E-state index in [1.165, 1.54) is 0 Å². The smallest absolute Gasteiger partial charge is 0.138 e. The van der Waals surface area contributed by atoms with Crippen LogP contribution in [0.3, 0.4) is 0 Å². The number of ether oxygens (including phenoxy) is 2. The lowest BCUT2D eigenvalue weighted by molar-refractivity contribution is 0.233. The molecule has 2 rings (SSSR count). The lowest BCUT2D eigenvalue weighted by atomic mass is 10.0. The third kappa shape index (κ3) is 2.72. The summed E-state index contributed by atoms with van der Waals surface area (Å²) in [6, 6.07) is 5.43. The van der Waals surface area contributed by atoms with E-state index in [1.807, 2.05) is 12.1 Å². The Morgan fingerprint density at radius 3 is 2.83 bits per heavy atom. The summed E-state index contributed by atoms with van der Waals surface area (Å²) in [5.74, 6) is 1.81. The molecule has 0 atom stereocenters. The molecule has 0 bridgehead atoms. The van der Waals surface area contributed by atoms with E-state index < -0.39 is 0 Å². The summed E-state index contributed by atoms with van der Waals surface area (Å²) >= 11 is 0. The van der Waals surface area contributed by atoms with Gasteiger partial charge in [-0.3, -0.25) is 0 Å². The molecule has 0 saturated carbocycles. The fourth-order valence-electron chi connectivity index (χ4n) is 1.77. The fraction of sp³-hybridized carbons (Fsp3) is 0.286. The first-order valence-electron chi connectivity index (χ1n) is 5.81. The maximum Gasteiger partial charge on any atom is 0.138 e. The molecule has 0 radical (unpaired) electrons. The van der Waals surface area contributed by atoms with Crippen LogP contribution < -0.4 is 9.47 Å². The molecule has 1 heterocycles. The van der Waals surface area contributed by atoms with Gasteiger partial charge in [0.1, 0.15) is 17.3 Å². The lowest BCUT2D eigenvalue weighted by Gasteiger charge is -2.19. The lowest BCUT2D eigenvalue weighted by Crippen LogP contribution is -2.06. The van der Waals surface area contributed by atoms with Crippen LogP contribution in [0.1, 0.15) is 12.0 Å². The Hall–Kier alpha value is -1.78. The van der Waals surface area contributed by atoms with Gasteiger partial charge >= 0.3 is 0 Å². The van der Waals surface area contributed by atoms with Crippen molar-refractivity contribution in [2.75, 3.05) is 19.8 Å². The molecule has 1 aliphatic rings. The Balaban J connectivity index is 2.19. The number of aliphatic hydroxyl groups excluding tert-OH is 2. The fourth-order valence-corrected chi connectivity index (χ4v) is 1.77. The number of benzene rings is 1. The van der Waals surface area contributed by atoms with Gasteiger partial charge in [-0.1, -0.05) is 6.58 Å². The van der Waals surface area contributed by atoms with Crippen LogP contribution in [-0.4, -0.2) is 30.0 Å². The quantitative estimate of drug-likeness (QED) is 0.779. The molecule has 2 N–H and O–H groups in total. The molecule has 1 aliphatic heterocycles. The molecule has 1 aromatic carbocycles. The minimum absolute atomic E-state index is 0.0555. The molecule has 0 aliphatic carbocycles. The summed E-state index contributed by atoms with van der Waals surface area (Å²) in [5.41, 5.74) is 1.63. The maximum atomic E-state index is 9.27. The van der Waals surface area contributed by atoms with E-state index in [1.54, 1.807) is 12.1 Å². The van der Waals surface area contributed by atoms with Gasteiger partial charge in [-0.25, -0.2) is 0 Å². The van der Waals surface area contributed by atoms with Crippen LogP contribution in [0.4, 0.5) is 0 Å². The predicted molar refractivity (Wildman–Crippen MR) is 68.5 cm³/mol. The Labute approximate surface area is 106 Å². The van der Waals surface area contributed by atoms with Crippen molar-refractivity contribution in [2.24, 2.45) is 0 Å². The van der Waals surface area contributed by atoms with Gasteiger partial charge in [0.25, 0.3) is 0 Å². The summed E-state index contributed by atoms with van der Waals surface area (Å²) in [6.07, 6.45) is 2.31. The normalized spacial score (nSPS) is 13.7. The number of rotatable bonds is 5. The van der Waals surface area contributed by atoms with Crippen molar-refractivity contribution < 1.29 is 19.7 Å². The van der Waals surface area contributed by atoms with Crippen molar-refractivity contribution in [3.05, 3.63) is 42.2 Å². The minimum atomic E-state index is -0.0555. The van der Waals surface area contributed by atoms with E-state index >= 15 is 0 Å². The molecule has 0 amide bonds. The monoisotopic (exact) mass is 248 g/mol. The van der Waals surface area contributed by atoms with E-state index in [2.05, 4.69) is 6.58 Å². The van der Waals surface area contributed by atoms with Crippen molar-refractivity contribution in [3.8, 4) is 11.5 Å². The second-order valence-corrected chi connectivity index (χ2v) is 3.98. The molecule has 4 nitrogen and oxygen atoms in total. The van der Waals surface area contributed by atoms with Gasteiger partial charge in [0.05, 0.1) is 13.2 Å². The number of hydrogen-bond donors (Lipinski definition) is 2. The first-order chi connectivity index (χ1) is 8.74. The highest BCUT2D eigenvalue weighted by Gasteiger charge is 2.16. The predicted octanol–water partition coefficient (Wildman–Crippen LogP) is 1.73. The highest BCUT2D eigenvalue weighted by molar-refractivity contribution is 5.75. The van der Waals surface area contributed by atoms with Crippen LogP contribution in [-0.2, 0) is 0 Å². The van der Waals surface area contributed by atoms with E-state index in [0.29, 0.717) is 30.3 Å². The van der Waals surface area contributed by atoms with Gasteiger partial charge in [-0.15, -0.1) is 0 Å². The summed E-state index contributed by atoms with van der Waals surface area (Å²) in [7, 11) is 0. The second-order valence-electron chi connectivity index (χ2n) is 3.98. The van der Waals surface area contributed by atoms with Crippen molar-refractivity contribution >= 4 is 5.57 Å². The highest BCUT2D eigenvalue weighted by atomic mass is 16.5. The molecular formula is C14H16O4. The highest BCUT2D eigenvalue weighted by Crippen LogP contribution is 2.35. The van der Waals surface area contributed by atoms with E-state index in [0.717, 1.165) is 11.1 Å². The van der Waals surface area contributed by atoms with Gasteiger partial charge in [-0.2, -0.15) is 0 Å². The van der Waals surface area contributed by atoms with E-state index in [-0.39, 0.29) is 13.2 Å². The maximum absolute atomic E-state index is 9.27. The molecule has 4 heteroatoms. The first-order valence-corrected chi connectivity index (χ1v) is 5.81. The first kappa shape index (κ1) is 12.7. The second kappa shape index (κ2) is 5.71. The zero-order valence-corrected chi connectivity index (χ0v) is 10.1. The molecule has 0 spiro atoms. The van der Waals surface area contributed by atoms with Crippen molar-refractivity contribution in [1.29, 1.82) is 0 Å². The van der Waals surface area contributed by atoms with Gasteiger partial charge in [0.2, 0.25) is 0 Å². The summed E-state index contributed by atoms with van der Waals surface area (Å²) in [5, 5.41) is 18.0. The number of aliphatic hydroxyl groups is 2. The average Bonchev–Trinajstić information content (AvgIpc) is 2.37. The molecule has 0 aromatic heterocycles. The zero-order valence-electron chi connectivity index (χ0n) is 10.1. The van der Waals surface area contributed by atoms with E-state index in [9.17, 15) is 5.11 Å². The van der Waals surface area contributed by atoms with Crippen molar-refractivity contribution in [3.63, 3.8) is 0 Å². The molecule has 0 fully saturated rings. The van der Waals surface area contributed by atoms with Gasteiger partial charge in [0, 0.05) is 24.7 Å². The van der Waals surface area contributed by atoms with Gasteiger partial charge in [-0.05, 0) is 23.8 Å². The standard InChI is InChI=1S/C14H16O4/c1-10-7-11(9-16)13-4-3-12(8-14(13)18-10)17-6-2-5-15/h3-4,7-8,15-16H,1-2,5-6,9H2. The topological polar surface area (TPSA) is 58.9 Å². The molecule has 96 valence electrons. The molecular weight excluding hydrogens is 232 g/mol. The molecule has 0 unspecified atom stereocenters. The number of fused-ring (bicyclic) bond motifs is 1. The van der Waals surface area contributed by atoms with Crippen LogP contribution >= 0.6 is 0 Å². The molecule has 18 heavy (non-hydrogen) atoms. The van der Waals surface area contributed by atoms with Crippen LogP contribution in [0.25, 0.3) is 5.57 Å². The third-order valence-electron chi connectivity index (χ3n) is 2.62. The van der Waals surface area contributed by atoms with Crippen LogP contribution in [0.2, 0.25) is 0 Å². The van der Waals surface area contributed by atoms with Crippen molar-refractivity contribution in [2.45, 2.75) is 6.42 Å². The number of hydrogen-bond acceptors (Lipinski definition) is 4. The Kier molecular flexibility index (Phi) is 4.02. The summed E-state index contributed by atoms with van der Waals surface area (Å²) in [4.78, 5) is 0. The third-order valence-corrected chi connectivity index (χ3v) is 2.62. The largest absolute Gasteiger partial charge is 0.493 e. The van der Waals surface area contributed by atoms with E-state index in [4.69, 9.17) is 14.6 Å². The molecule has 1 aromatic rings. The molecule has 0 saturated heterocycles. The van der Waals surface area contributed by atoms with Gasteiger partial charge < -0.3 is 19.7 Å². The van der Waals surface area contributed by atoms with Gasteiger partial charge in [0.15, 0.2) is 0 Å². The van der Waals surface area contributed by atoms with Crippen LogP contribution in [0.5, 0.6) is 11.5 Å². The zero-order chi connectivity index (χ0) is 13.0. The van der Waals surface area contributed by atoms with Crippen molar-refractivity contribution in [1.82, 2.24) is 0 Å². The average molecular weight is 248 g/mol. The Morgan fingerprint density at radius 2 is 2.11 bits per heavy atom. The summed E-state index contributed by atoms with van der Waals surface area (Å²) in [6.45, 7) is 4.24. The van der Waals surface area contributed by atoms with Crippen LogP contribution in [0, 0.1) is 0 Å². The Morgan fingerprint density at radius 1 is 1.28 bits per heavy atom. The SMILES string of the molecule is C=C1C=C(CO)c2ccc(OCCCO)cc2O1. The minimum Gasteiger partial charge on any atom is -0.493 e. The summed E-state index contributed by atoms with van der Waals surface area (Å²) < 4.78 is 11.0. The van der Waals surface area contributed by atoms with Crippen LogP contribution in [0.15, 0.2) is 36.6 Å². The Bertz CT molecular complexity index is 477.